The minimum Gasteiger partial charge on any atom is -0.353 e. The lowest BCUT2D eigenvalue weighted by Crippen LogP contribution is -2.45. The van der Waals surface area contributed by atoms with Gasteiger partial charge in [-0.2, -0.15) is 4.37 Å². The van der Waals surface area contributed by atoms with Gasteiger partial charge in [0.15, 0.2) is 0 Å². The average Bonchev–Trinajstić information content (AvgIpc) is 3.27. The second-order valence-corrected chi connectivity index (χ2v) is 9.83. The Morgan fingerprint density at radius 2 is 2.06 bits per heavy atom. The Kier molecular flexibility index (Phi) is 9.75. The zero-order valence-corrected chi connectivity index (χ0v) is 21.1. The molecule has 32 heavy (non-hydrogen) atoms. The molecule has 1 aliphatic rings. The summed E-state index contributed by atoms with van der Waals surface area (Å²) in [4.78, 5) is 22.3. The number of halogens is 1. The molecule has 1 amide bonds. The van der Waals surface area contributed by atoms with E-state index < -0.39 is 0 Å². The van der Waals surface area contributed by atoms with Gasteiger partial charge in [0.2, 0.25) is 11.0 Å². The Balaban J connectivity index is 1.47. The average molecular weight is 478 g/mol. The summed E-state index contributed by atoms with van der Waals surface area (Å²) in [6, 6.07) is 8.01. The van der Waals surface area contributed by atoms with E-state index in [0.29, 0.717) is 13.0 Å². The van der Waals surface area contributed by atoms with Crippen LogP contribution in [0.15, 0.2) is 24.3 Å². The Morgan fingerprint density at radius 3 is 2.78 bits per heavy atom. The molecule has 0 radical (unpaired) electrons. The Hall–Kier alpha value is -1.70. The summed E-state index contributed by atoms with van der Waals surface area (Å²) in [6.07, 6.45) is 4.76. The van der Waals surface area contributed by atoms with Crippen molar-refractivity contribution in [1.29, 1.82) is 0 Å². The van der Waals surface area contributed by atoms with Crippen LogP contribution in [0.1, 0.15) is 57.8 Å². The fraction of sp³-hybridized carbons (Fsp3) is 0.625. The Labute approximate surface area is 201 Å². The summed E-state index contributed by atoms with van der Waals surface area (Å²) < 4.78 is 4.54. The van der Waals surface area contributed by atoms with Crippen LogP contribution in [0.4, 0.5) is 5.13 Å². The van der Waals surface area contributed by atoms with Crippen molar-refractivity contribution in [3.63, 3.8) is 0 Å². The van der Waals surface area contributed by atoms with E-state index in [1.54, 1.807) is 0 Å². The predicted molar refractivity (Wildman–Crippen MR) is 134 cm³/mol. The molecular formula is C24H36ClN5OS. The van der Waals surface area contributed by atoms with E-state index >= 15 is 0 Å². The van der Waals surface area contributed by atoms with Crippen molar-refractivity contribution in [3.05, 3.63) is 40.7 Å². The van der Waals surface area contributed by atoms with Crippen LogP contribution >= 0.6 is 23.1 Å². The third kappa shape index (κ3) is 7.42. The number of nitrogens with zero attached hydrogens (tertiary/aromatic N) is 4. The number of carbonyl (C=O) groups is 1. The molecule has 3 rings (SSSR count). The Morgan fingerprint density at radius 1 is 1.31 bits per heavy atom. The first-order valence-corrected chi connectivity index (χ1v) is 13.0. The topological polar surface area (TPSA) is 61.4 Å². The van der Waals surface area contributed by atoms with Crippen LogP contribution in [0.2, 0.25) is 5.02 Å². The monoisotopic (exact) mass is 477 g/mol. The van der Waals surface area contributed by atoms with Gasteiger partial charge in [0.05, 0.1) is 5.92 Å². The lowest BCUT2D eigenvalue weighted by Gasteiger charge is -2.32. The van der Waals surface area contributed by atoms with E-state index in [1.807, 2.05) is 24.3 Å². The molecule has 1 aromatic carbocycles. The molecule has 0 saturated carbocycles. The predicted octanol–water partition coefficient (Wildman–Crippen LogP) is 4.63. The number of piperidine rings is 1. The number of benzene rings is 1. The van der Waals surface area contributed by atoms with E-state index in [9.17, 15) is 4.79 Å². The van der Waals surface area contributed by atoms with Crippen LogP contribution in [-0.2, 0) is 11.2 Å². The number of amides is 1. The van der Waals surface area contributed by atoms with Gasteiger partial charge in [-0.15, -0.1) is 0 Å². The number of nitrogens with one attached hydrogen (secondary N) is 1. The van der Waals surface area contributed by atoms with Gasteiger partial charge < -0.3 is 15.1 Å². The molecule has 176 valence electrons. The molecule has 2 atom stereocenters. The van der Waals surface area contributed by atoms with Crippen LogP contribution in [0, 0.1) is 5.92 Å². The first kappa shape index (κ1) is 24.9. The van der Waals surface area contributed by atoms with Crippen molar-refractivity contribution < 1.29 is 4.79 Å². The SMILES string of the molecule is CCN(CC)CCCC(C)NC(=O)C1CCCN(c2nc(Cc3ccc(Cl)cc3)ns2)C1. The molecule has 2 aromatic rings. The van der Waals surface area contributed by atoms with Crippen LogP contribution < -0.4 is 10.2 Å². The first-order valence-electron chi connectivity index (χ1n) is 11.8. The molecule has 1 aliphatic heterocycles. The Bertz CT molecular complexity index is 839. The second kappa shape index (κ2) is 12.5. The highest BCUT2D eigenvalue weighted by Gasteiger charge is 2.28. The second-order valence-electron chi connectivity index (χ2n) is 8.66. The molecule has 8 heteroatoms. The molecule has 2 unspecified atom stereocenters. The molecule has 1 aromatic heterocycles. The molecule has 0 bridgehead atoms. The maximum absolute atomic E-state index is 12.9. The molecule has 1 fully saturated rings. The zero-order valence-electron chi connectivity index (χ0n) is 19.5. The largest absolute Gasteiger partial charge is 0.353 e. The first-order chi connectivity index (χ1) is 15.5. The minimum absolute atomic E-state index is 0.0117. The van der Waals surface area contributed by atoms with Gasteiger partial charge in [0.1, 0.15) is 5.82 Å². The normalized spacial score (nSPS) is 17.5. The molecule has 1 N–H and O–H groups in total. The highest BCUT2D eigenvalue weighted by Crippen LogP contribution is 2.26. The van der Waals surface area contributed by atoms with Crippen molar-refractivity contribution in [2.75, 3.05) is 37.6 Å². The third-order valence-electron chi connectivity index (χ3n) is 6.19. The number of hydrogen-bond acceptors (Lipinski definition) is 6. The lowest BCUT2D eigenvalue weighted by molar-refractivity contribution is -0.125. The summed E-state index contributed by atoms with van der Waals surface area (Å²) in [5.41, 5.74) is 1.14. The molecule has 0 spiro atoms. The highest BCUT2D eigenvalue weighted by molar-refractivity contribution is 7.09. The van der Waals surface area contributed by atoms with Gasteiger partial charge in [0, 0.05) is 42.1 Å². The van der Waals surface area contributed by atoms with Gasteiger partial charge in [-0.3, -0.25) is 4.79 Å². The van der Waals surface area contributed by atoms with Crippen LogP contribution in [-0.4, -0.2) is 58.9 Å². The van der Waals surface area contributed by atoms with Gasteiger partial charge in [-0.05, 0) is 69.9 Å². The number of rotatable bonds is 11. The van der Waals surface area contributed by atoms with Crippen molar-refractivity contribution in [3.8, 4) is 0 Å². The summed E-state index contributed by atoms with van der Waals surface area (Å²) >= 11 is 7.40. The summed E-state index contributed by atoms with van der Waals surface area (Å²) in [5, 5.41) is 4.89. The van der Waals surface area contributed by atoms with Crippen molar-refractivity contribution in [1.82, 2.24) is 19.6 Å². The van der Waals surface area contributed by atoms with E-state index in [2.05, 4.69) is 40.3 Å². The molecule has 6 nitrogen and oxygen atoms in total. The fourth-order valence-corrected chi connectivity index (χ4v) is 5.03. The number of anilines is 1. The van der Waals surface area contributed by atoms with Gasteiger partial charge in [-0.1, -0.05) is 37.6 Å². The maximum Gasteiger partial charge on any atom is 0.225 e. The number of carbonyl (C=O) groups excluding carboxylic acids is 1. The smallest absolute Gasteiger partial charge is 0.225 e. The third-order valence-corrected chi connectivity index (χ3v) is 7.26. The molecule has 2 heterocycles. The van der Waals surface area contributed by atoms with Crippen LogP contribution in [0.5, 0.6) is 0 Å². The molecule has 1 saturated heterocycles. The van der Waals surface area contributed by atoms with Gasteiger partial charge in [-0.25, -0.2) is 4.98 Å². The standard InChI is InChI=1S/C24H36ClN5OS/c1-4-29(5-2)14-6-8-18(3)26-23(31)20-9-7-15-30(17-20)24-27-22(28-32-24)16-19-10-12-21(25)13-11-19/h10-13,18,20H,4-9,14-17H2,1-3H3,(H,26,31). The number of hydrogen-bond donors (Lipinski definition) is 1. The van der Waals surface area contributed by atoms with Gasteiger partial charge in [0.25, 0.3) is 0 Å². The van der Waals surface area contributed by atoms with E-state index in [-0.39, 0.29) is 17.9 Å². The van der Waals surface area contributed by atoms with E-state index in [0.717, 1.165) is 73.4 Å². The van der Waals surface area contributed by atoms with Crippen molar-refractivity contribution in [2.24, 2.45) is 5.92 Å². The highest BCUT2D eigenvalue weighted by atomic mass is 35.5. The minimum atomic E-state index is 0.0117. The summed E-state index contributed by atoms with van der Waals surface area (Å²) in [5.74, 6) is 1.01. The van der Waals surface area contributed by atoms with Gasteiger partial charge >= 0.3 is 0 Å². The summed E-state index contributed by atoms with van der Waals surface area (Å²) in [6.45, 7) is 11.4. The van der Waals surface area contributed by atoms with Crippen molar-refractivity contribution in [2.45, 2.75) is 58.9 Å². The maximum atomic E-state index is 12.9. The van der Waals surface area contributed by atoms with E-state index in [1.165, 1.54) is 11.5 Å². The van der Waals surface area contributed by atoms with Crippen LogP contribution in [0.25, 0.3) is 0 Å². The fourth-order valence-electron chi connectivity index (χ4n) is 4.19. The molecular weight excluding hydrogens is 442 g/mol. The quantitative estimate of drug-likeness (QED) is 0.511. The lowest BCUT2D eigenvalue weighted by atomic mass is 9.97. The summed E-state index contributed by atoms with van der Waals surface area (Å²) in [7, 11) is 0. The van der Waals surface area contributed by atoms with Crippen molar-refractivity contribution >= 4 is 34.2 Å². The van der Waals surface area contributed by atoms with Crippen LogP contribution in [0.3, 0.4) is 0 Å². The van der Waals surface area contributed by atoms with E-state index in [4.69, 9.17) is 16.6 Å². The number of aromatic nitrogens is 2. The molecule has 0 aliphatic carbocycles. The zero-order chi connectivity index (χ0) is 22.9.